The monoisotopic (exact) mass is 746 g/mol. The van der Waals surface area contributed by atoms with Crippen molar-refractivity contribution in [3.8, 4) is 0 Å². The number of fused-ring (bicyclic) bond motifs is 1. The zero-order valence-electron chi connectivity index (χ0n) is 32.5. The molecule has 3 aliphatic heterocycles. The van der Waals surface area contributed by atoms with E-state index in [0.29, 0.717) is 12.2 Å². The molecule has 0 N–H and O–H groups in total. The van der Waals surface area contributed by atoms with Gasteiger partial charge in [-0.3, -0.25) is 14.3 Å². The molecular formula is C37H62N4O8Si2. The maximum absolute atomic E-state index is 14.3. The van der Waals surface area contributed by atoms with Crippen LogP contribution in [0.1, 0.15) is 72.7 Å². The Balaban J connectivity index is 1.52. The van der Waals surface area contributed by atoms with Crippen LogP contribution < -0.4 is 11.2 Å². The fourth-order valence-electron chi connectivity index (χ4n) is 7.80. The average Bonchev–Trinajstić information content (AvgIpc) is 3.40. The summed E-state index contributed by atoms with van der Waals surface area (Å²) in [5, 5.41) is 0. The maximum atomic E-state index is 14.3. The molecule has 0 spiro atoms. The number of rotatable bonds is 13. The highest BCUT2D eigenvalue weighted by molar-refractivity contribution is 6.84. The van der Waals surface area contributed by atoms with Gasteiger partial charge in [-0.1, -0.05) is 85.7 Å². The van der Waals surface area contributed by atoms with Crippen LogP contribution >= 0.6 is 0 Å². The van der Waals surface area contributed by atoms with Gasteiger partial charge in [-0.15, -0.1) is 0 Å². The Morgan fingerprint density at radius 1 is 0.882 bits per heavy atom. The third kappa shape index (κ3) is 8.55. The first-order valence-corrected chi connectivity index (χ1v) is 22.8. The van der Waals surface area contributed by atoms with E-state index in [1.54, 1.807) is 13.1 Å². The Bertz CT molecular complexity index is 1530. The number of nitrogens with zero attached hydrogens (tertiary/aromatic N) is 4. The predicted molar refractivity (Wildman–Crippen MR) is 202 cm³/mol. The van der Waals surface area contributed by atoms with Crippen molar-refractivity contribution in [1.29, 1.82) is 0 Å². The number of benzene rings is 1. The summed E-state index contributed by atoms with van der Waals surface area (Å²) in [5.41, 5.74) is 1.02. The van der Waals surface area contributed by atoms with Crippen molar-refractivity contribution in [2.75, 3.05) is 53.0 Å². The van der Waals surface area contributed by atoms with E-state index >= 15 is 0 Å². The number of ether oxygens (including phenoxy) is 3. The molecule has 5 rings (SSSR count). The molecule has 0 saturated carbocycles. The quantitative estimate of drug-likeness (QED) is 0.261. The predicted octanol–water partition coefficient (Wildman–Crippen LogP) is 4.98. The van der Waals surface area contributed by atoms with Gasteiger partial charge >= 0.3 is 22.8 Å². The van der Waals surface area contributed by atoms with Crippen molar-refractivity contribution in [3.63, 3.8) is 0 Å². The standard InChI is InChI=1S/C37H62N4O8Si2/c1-26(2)50(27(3)4)46-24-32-33(48-51(49-50,28(5)6)29(7)8)34(45-21-20-39-18-16-38(10)17-19-39)36(47-32)40-22-30(9)35(42)41(37(40)43)25-44-23-31-14-12-11-13-15-31/h11-15,22,26-29,32-34,36H,16-21,23-25H2,1-10H3/t32-,33-,34-,36-/m1/s1. The highest BCUT2D eigenvalue weighted by Gasteiger charge is 2.62. The van der Waals surface area contributed by atoms with Crippen molar-refractivity contribution in [1.82, 2.24) is 18.9 Å². The summed E-state index contributed by atoms with van der Waals surface area (Å²) in [6.45, 7) is 24.7. The normalized spacial score (nSPS) is 25.8. The molecule has 3 fully saturated rings. The second-order valence-corrected chi connectivity index (χ2v) is 24.6. The van der Waals surface area contributed by atoms with Gasteiger partial charge in [0.1, 0.15) is 25.0 Å². The SMILES string of the molecule is Cc1cn([C@@H]2O[C@@H]3CO[Si](C(C)C)(C(C)C)O[Si](C(C)C)(C(C)C)O[C@H]3[C@H]2OCCN2CCN(C)CC2)c(=O)n(COCc2ccccc2)c1=O. The molecule has 2 aromatic rings. The van der Waals surface area contributed by atoms with Crippen molar-refractivity contribution < 1.29 is 27.2 Å². The number of hydrogen-bond donors (Lipinski definition) is 0. The van der Waals surface area contributed by atoms with Gasteiger partial charge < -0.3 is 32.1 Å². The summed E-state index contributed by atoms with van der Waals surface area (Å²) in [6, 6.07) is 9.68. The number of hydrogen-bond acceptors (Lipinski definition) is 10. The van der Waals surface area contributed by atoms with E-state index < -0.39 is 52.9 Å². The molecule has 14 heteroatoms. The van der Waals surface area contributed by atoms with Gasteiger partial charge in [-0.25, -0.2) is 9.36 Å². The van der Waals surface area contributed by atoms with Gasteiger partial charge in [0.05, 0.1) is 19.8 Å². The lowest BCUT2D eigenvalue weighted by atomic mass is 10.1. The second-order valence-electron chi connectivity index (χ2n) is 15.8. The molecule has 4 atom stereocenters. The van der Waals surface area contributed by atoms with Crippen LogP contribution in [0.2, 0.25) is 22.2 Å². The Labute approximate surface area is 306 Å². The molecule has 51 heavy (non-hydrogen) atoms. The number of piperazine rings is 1. The summed E-state index contributed by atoms with van der Waals surface area (Å²) in [5.74, 6) is 0. The number of aryl methyl sites for hydroxylation is 1. The average molecular weight is 747 g/mol. The van der Waals surface area contributed by atoms with Crippen molar-refractivity contribution in [3.05, 3.63) is 68.5 Å². The lowest BCUT2D eigenvalue weighted by Gasteiger charge is -2.51. The summed E-state index contributed by atoms with van der Waals surface area (Å²) in [4.78, 5) is 32.4. The minimum absolute atomic E-state index is 0.114. The lowest BCUT2D eigenvalue weighted by molar-refractivity contribution is -0.0781. The first kappa shape index (κ1) is 40.2. The molecule has 0 bridgehead atoms. The fourth-order valence-corrected chi connectivity index (χ4v) is 19.0. The molecular weight excluding hydrogens is 685 g/mol. The van der Waals surface area contributed by atoms with Crippen molar-refractivity contribution >= 4 is 17.1 Å². The molecule has 1 aromatic heterocycles. The first-order valence-electron chi connectivity index (χ1n) is 18.8. The van der Waals surface area contributed by atoms with Gasteiger partial charge in [0.2, 0.25) is 0 Å². The number of likely N-dealkylation sites (N-methyl/N-ethyl adjacent to an activating group) is 1. The molecule has 0 aliphatic carbocycles. The van der Waals surface area contributed by atoms with Gasteiger partial charge in [-0.2, -0.15) is 0 Å². The topological polar surface area (TPSA) is 106 Å². The van der Waals surface area contributed by atoms with E-state index in [-0.39, 0.29) is 42.1 Å². The summed E-state index contributed by atoms with van der Waals surface area (Å²) in [7, 11) is -3.69. The largest absolute Gasteiger partial charge is 0.414 e. The van der Waals surface area contributed by atoms with Crippen LogP contribution in [0, 0.1) is 6.92 Å². The Hall–Kier alpha value is -1.99. The fraction of sp³-hybridized carbons (Fsp3) is 0.730. The number of aromatic nitrogens is 2. The van der Waals surface area contributed by atoms with E-state index in [9.17, 15) is 9.59 Å². The summed E-state index contributed by atoms with van der Waals surface area (Å²) >= 11 is 0. The van der Waals surface area contributed by atoms with Gasteiger partial charge in [0.15, 0.2) is 6.23 Å². The van der Waals surface area contributed by atoms with Crippen molar-refractivity contribution in [2.45, 2.75) is 122 Å². The Kier molecular flexibility index (Phi) is 13.4. The highest BCUT2D eigenvalue weighted by Crippen LogP contribution is 2.48. The molecule has 0 amide bonds. The molecule has 12 nitrogen and oxygen atoms in total. The van der Waals surface area contributed by atoms with Gasteiger partial charge in [0, 0.05) is 44.5 Å². The van der Waals surface area contributed by atoms with E-state index in [1.807, 2.05) is 30.3 Å². The van der Waals surface area contributed by atoms with E-state index in [0.717, 1.165) is 42.9 Å². The first-order chi connectivity index (χ1) is 24.2. The second kappa shape index (κ2) is 17.0. The summed E-state index contributed by atoms with van der Waals surface area (Å²) in [6.07, 6.45) is -0.982. The van der Waals surface area contributed by atoms with Gasteiger partial charge in [-0.05, 0) is 41.7 Å². The molecule has 0 radical (unpaired) electrons. The molecule has 3 saturated heterocycles. The van der Waals surface area contributed by atoms with Crippen LogP contribution in [0.5, 0.6) is 0 Å². The van der Waals surface area contributed by atoms with Crippen LogP contribution in [0.25, 0.3) is 0 Å². The Morgan fingerprint density at radius 2 is 1.51 bits per heavy atom. The van der Waals surface area contributed by atoms with Crippen LogP contribution in [-0.4, -0.2) is 107 Å². The highest BCUT2D eigenvalue weighted by atomic mass is 28.5. The Morgan fingerprint density at radius 3 is 2.12 bits per heavy atom. The minimum atomic E-state index is -3.01. The third-order valence-corrected chi connectivity index (χ3v) is 21.2. The smallest absolute Gasteiger partial charge is 0.335 e. The minimum Gasteiger partial charge on any atom is -0.414 e. The summed E-state index contributed by atoms with van der Waals surface area (Å²) < 4.78 is 44.1. The van der Waals surface area contributed by atoms with Crippen molar-refractivity contribution in [2.24, 2.45) is 0 Å². The zero-order valence-corrected chi connectivity index (χ0v) is 34.5. The molecule has 3 aliphatic rings. The zero-order chi connectivity index (χ0) is 37.1. The maximum Gasteiger partial charge on any atom is 0.335 e. The molecule has 1 aromatic carbocycles. The van der Waals surface area contributed by atoms with Crippen LogP contribution in [0.4, 0.5) is 0 Å². The lowest BCUT2D eigenvalue weighted by Crippen LogP contribution is -2.66. The molecule has 4 heterocycles. The van der Waals surface area contributed by atoms with Gasteiger partial charge in [0.25, 0.3) is 5.56 Å². The van der Waals surface area contributed by atoms with Crippen LogP contribution in [0.3, 0.4) is 0 Å². The third-order valence-electron chi connectivity index (χ3n) is 10.9. The van der Waals surface area contributed by atoms with E-state index in [2.05, 4.69) is 72.2 Å². The molecule has 286 valence electrons. The van der Waals surface area contributed by atoms with Crippen LogP contribution in [0.15, 0.2) is 46.1 Å². The van der Waals surface area contributed by atoms with Crippen LogP contribution in [-0.2, 0) is 40.5 Å². The van der Waals surface area contributed by atoms with E-state index in [1.165, 1.54) is 4.57 Å². The molecule has 0 unspecified atom stereocenters. The van der Waals surface area contributed by atoms with E-state index in [4.69, 9.17) is 27.2 Å².